The van der Waals surface area contributed by atoms with Crippen molar-refractivity contribution in [3.63, 3.8) is 0 Å². The van der Waals surface area contributed by atoms with E-state index >= 15 is 0 Å². The Morgan fingerprint density at radius 2 is 1.92 bits per heavy atom. The van der Waals surface area contributed by atoms with Crippen LogP contribution in [0.3, 0.4) is 0 Å². The maximum atomic E-state index is 13.2. The number of carbonyl (C=O) groups excluding carboxylic acids is 1. The van der Waals surface area contributed by atoms with E-state index in [2.05, 4.69) is 32.8 Å². The highest BCUT2D eigenvalue weighted by Crippen LogP contribution is 2.26. The first-order valence-electron chi connectivity index (χ1n) is 8.95. The molecular weight excluding hydrogens is 326 g/mol. The predicted molar refractivity (Wildman–Crippen MR) is 97.7 cm³/mol. The molecule has 1 N–H and O–H groups in total. The molecule has 6 nitrogen and oxygen atoms in total. The van der Waals surface area contributed by atoms with Crippen LogP contribution in [0.1, 0.15) is 46.1 Å². The number of amides is 1. The number of H-pyrrole nitrogens is 1. The van der Waals surface area contributed by atoms with Gasteiger partial charge in [0.05, 0.1) is 0 Å². The number of nitrogens with zero attached hydrogens (tertiary/aromatic N) is 4. The Hall–Kier alpha value is -3.02. The molecule has 4 rings (SSSR count). The summed E-state index contributed by atoms with van der Waals surface area (Å²) in [6.45, 7) is 1.41. The number of likely N-dealkylation sites (tertiary alicyclic amines) is 1. The molecule has 0 spiro atoms. The minimum absolute atomic E-state index is 0.0877. The average Bonchev–Trinajstić information content (AvgIpc) is 3.24. The summed E-state index contributed by atoms with van der Waals surface area (Å²) in [5.41, 5.74) is 3.05. The lowest BCUT2D eigenvalue weighted by atomic mass is 9.95. The summed E-state index contributed by atoms with van der Waals surface area (Å²) in [7, 11) is 0. The van der Waals surface area contributed by atoms with Crippen LogP contribution in [0.5, 0.6) is 0 Å². The number of nitrogens with one attached hydrogen (secondary N) is 1. The van der Waals surface area contributed by atoms with E-state index in [1.54, 1.807) is 0 Å². The van der Waals surface area contributed by atoms with Gasteiger partial charge in [0.25, 0.3) is 5.91 Å². The summed E-state index contributed by atoms with van der Waals surface area (Å²) in [5, 5.41) is 14.3. The van der Waals surface area contributed by atoms with Crippen molar-refractivity contribution in [1.82, 2.24) is 25.5 Å². The zero-order chi connectivity index (χ0) is 17.8. The highest BCUT2D eigenvalue weighted by Gasteiger charge is 2.28. The third kappa shape index (κ3) is 3.49. The highest BCUT2D eigenvalue weighted by atomic mass is 16.2. The molecule has 1 aliphatic heterocycles. The fraction of sp³-hybridized carbons (Fsp3) is 0.300. The standard InChI is InChI=1S/C20H21N5O/c26-20(25-12-6-10-17(14-25)19-21-23-24-22-19)18-11-5-4-9-16(18)13-15-7-2-1-3-8-15/h1-5,7-9,11,17H,6,10,12-14H2,(H,21,22,23,24). The van der Waals surface area contributed by atoms with Crippen molar-refractivity contribution in [3.05, 3.63) is 77.1 Å². The van der Waals surface area contributed by atoms with Crippen LogP contribution in [0.25, 0.3) is 0 Å². The minimum Gasteiger partial charge on any atom is -0.338 e. The number of tetrazole rings is 1. The van der Waals surface area contributed by atoms with Gasteiger partial charge >= 0.3 is 0 Å². The van der Waals surface area contributed by atoms with Crippen molar-refractivity contribution in [1.29, 1.82) is 0 Å². The van der Waals surface area contributed by atoms with E-state index in [0.29, 0.717) is 12.4 Å². The molecule has 0 radical (unpaired) electrons. The van der Waals surface area contributed by atoms with Gasteiger partial charge in [0, 0.05) is 24.6 Å². The normalized spacial score (nSPS) is 17.2. The molecule has 1 fully saturated rings. The van der Waals surface area contributed by atoms with Gasteiger partial charge in [-0.1, -0.05) is 53.7 Å². The van der Waals surface area contributed by atoms with Crippen LogP contribution in [0.4, 0.5) is 0 Å². The molecule has 132 valence electrons. The zero-order valence-electron chi connectivity index (χ0n) is 14.5. The van der Waals surface area contributed by atoms with Gasteiger partial charge in [-0.2, -0.15) is 5.21 Å². The largest absolute Gasteiger partial charge is 0.338 e. The molecule has 0 saturated carbocycles. The van der Waals surface area contributed by atoms with Crippen molar-refractivity contribution in [2.24, 2.45) is 0 Å². The van der Waals surface area contributed by atoms with Crippen LogP contribution in [0.2, 0.25) is 0 Å². The summed E-state index contributed by atoms with van der Waals surface area (Å²) >= 11 is 0. The first-order chi connectivity index (χ1) is 12.8. The number of piperidine rings is 1. The third-order valence-corrected chi connectivity index (χ3v) is 4.92. The molecule has 3 aromatic rings. The second-order valence-corrected chi connectivity index (χ2v) is 6.68. The van der Waals surface area contributed by atoms with Crippen molar-refractivity contribution in [2.75, 3.05) is 13.1 Å². The molecule has 1 amide bonds. The molecular formula is C20H21N5O. The summed E-state index contributed by atoms with van der Waals surface area (Å²) in [5.74, 6) is 0.928. The number of hydrogen-bond acceptors (Lipinski definition) is 4. The fourth-order valence-corrected chi connectivity index (χ4v) is 3.58. The van der Waals surface area contributed by atoms with Crippen LogP contribution in [0, 0.1) is 0 Å². The molecule has 1 saturated heterocycles. The van der Waals surface area contributed by atoms with Gasteiger partial charge < -0.3 is 4.90 Å². The molecule has 0 bridgehead atoms. The van der Waals surface area contributed by atoms with Crippen LogP contribution in [-0.2, 0) is 6.42 Å². The maximum absolute atomic E-state index is 13.2. The lowest BCUT2D eigenvalue weighted by Crippen LogP contribution is -2.39. The van der Waals surface area contributed by atoms with Crippen molar-refractivity contribution < 1.29 is 4.79 Å². The summed E-state index contributed by atoms with van der Waals surface area (Å²) in [4.78, 5) is 15.1. The van der Waals surface area contributed by atoms with E-state index in [-0.39, 0.29) is 11.8 Å². The number of rotatable bonds is 4. The third-order valence-electron chi connectivity index (χ3n) is 4.92. The quantitative estimate of drug-likeness (QED) is 0.787. The van der Waals surface area contributed by atoms with Crippen LogP contribution >= 0.6 is 0 Å². The van der Waals surface area contributed by atoms with Gasteiger partial charge in [-0.05, 0) is 36.5 Å². The molecule has 1 aliphatic rings. The van der Waals surface area contributed by atoms with Gasteiger partial charge in [-0.25, -0.2) is 0 Å². The smallest absolute Gasteiger partial charge is 0.254 e. The van der Waals surface area contributed by atoms with E-state index < -0.39 is 0 Å². The van der Waals surface area contributed by atoms with Crippen molar-refractivity contribution in [3.8, 4) is 0 Å². The van der Waals surface area contributed by atoms with Crippen molar-refractivity contribution >= 4 is 5.91 Å². The molecule has 6 heteroatoms. The number of carbonyl (C=O) groups is 1. The first-order valence-corrected chi connectivity index (χ1v) is 8.95. The molecule has 0 aliphatic carbocycles. The highest BCUT2D eigenvalue weighted by molar-refractivity contribution is 5.96. The van der Waals surface area contributed by atoms with E-state index in [1.807, 2.05) is 47.4 Å². The summed E-state index contributed by atoms with van der Waals surface area (Å²) in [6.07, 6.45) is 2.69. The zero-order valence-corrected chi connectivity index (χ0v) is 14.5. The van der Waals surface area contributed by atoms with E-state index in [1.165, 1.54) is 5.56 Å². The van der Waals surface area contributed by atoms with Gasteiger partial charge in [-0.3, -0.25) is 4.79 Å². The lowest BCUT2D eigenvalue weighted by molar-refractivity contribution is 0.0703. The second kappa shape index (κ2) is 7.47. The molecule has 2 heterocycles. The fourth-order valence-electron chi connectivity index (χ4n) is 3.58. The summed E-state index contributed by atoms with van der Waals surface area (Å²) < 4.78 is 0. The molecule has 26 heavy (non-hydrogen) atoms. The Morgan fingerprint density at radius 1 is 1.12 bits per heavy atom. The molecule has 2 aromatic carbocycles. The van der Waals surface area contributed by atoms with Crippen LogP contribution in [0.15, 0.2) is 54.6 Å². The second-order valence-electron chi connectivity index (χ2n) is 6.68. The van der Waals surface area contributed by atoms with Gasteiger partial charge in [0.2, 0.25) is 0 Å². The Morgan fingerprint density at radius 3 is 2.73 bits per heavy atom. The Bertz CT molecular complexity index is 863. The molecule has 1 atom stereocenters. The van der Waals surface area contributed by atoms with E-state index in [9.17, 15) is 4.79 Å². The maximum Gasteiger partial charge on any atom is 0.254 e. The SMILES string of the molecule is O=C(c1ccccc1Cc1ccccc1)N1CCCC(c2nn[nH]n2)C1. The molecule has 1 aromatic heterocycles. The number of aromatic amines is 1. The first kappa shape index (κ1) is 16.4. The van der Waals surface area contributed by atoms with E-state index in [4.69, 9.17) is 0 Å². The molecule has 1 unspecified atom stereocenters. The van der Waals surface area contributed by atoms with Crippen molar-refractivity contribution in [2.45, 2.75) is 25.2 Å². The Balaban J connectivity index is 1.54. The van der Waals surface area contributed by atoms with Gasteiger partial charge in [-0.15, -0.1) is 10.2 Å². The van der Waals surface area contributed by atoms with Crippen LogP contribution < -0.4 is 0 Å². The number of aromatic nitrogens is 4. The minimum atomic E-state index is 0.0877. The Labute approximate surface area is 152 Å². The average molecular weight is 347 g/mol. The van der Waals surface area contributed by atoms with Gasteiger partial charge in [0.1, 0.15) is 0 Å². The predicted octanol–water partition coefficient (Wildman–Crippen LogP) is 2.81. The number of benzene rings is 2. The summed E-state index contributed by atoms with van der Waals surface area (Å²) in [6, 6.07) is 18.1. The van der Waals surface area contributed by atoms with Gasteiger partial charge in [0.15, 0.2) is 5.82 Å². The topological polar surface area (TPSA) is 74.8 Å². The monoisotopic (exact) mass is 347 g/mol. The number of hydrogen-bond donors (Lipinski definition) is 1. The lowest BCUT2D eigenvalue weighted by Gasteiger charge is -2.31. The van der Waals surface area contributed by atoms with E-state index in [0.717, 1.165) is 36.9 Å². The van der Waals surface area contributed by atoms with Crippen LogP contribution in [-0.4, -0.2) is 44.5 Å². The Kier molecular flexibility index (Phi) is 4.73.